The molecule has 0 aliphatic rings. The van der Waals surface area contributed by atoms with Crippen LogP contribution in [0.4, 0.5) is 5.69 Å². The molecule has 2 nitrogen and oxygen atoms in total. The molecule has 0 unspecified atom stereocenters. The summed E-state index contributed by atoms with van der Waals surface area (Å²) >= 11 is 0. The normalized spacial score (nSPS) is 11.0. The first-order valence-electron chi connectivity index (χ1n) is 8.64. The SMILES string of the molecule is Cc1ccc(N(C)Cc2cn(-c3ccccc3)c3ccccc23)cc1. The highest BCUT2D eigenvalue weighted by molar-refractivity contribution is 5.86. The van der Waals surface area contributed by atoms with Crippen LogP contribution in [0.3, 0.4) is 0 Å². The number of fused-ring (bicyclic) bond motifs is 1. The van der Waals surface area contributed by atoms with E-state index in [-0.39, 0.29) is 0 Å². The van der Waals surface area contributed by atoms with Gasteiger partial charge in [-0.1, -0.05) is 54.1 Å². The van der Waals surface area contributed by atoms with Crippen LogP contribution in [0.1, 0.15) is 11.1 Å². The Morgan fingerprint density at radius 2 is 1.48 bits per heavy atom. The molecule has 0 spiro atoms. The number of hydrogen-bond acceptors (Lipinski definition) is 1. The minimum Gasteiger partial charge on any atom is -0.370 e. The van der Waals surface area contributed by atoms with Crippen LogP contribution in [0.5, 0.6) is 0 Å². The molecule has 0 amide bonds. The molecule has 4 rings (SSSR count). The summed E-state index contributed by atoms with van der Waals surface area (Å²) in [6.07, 6.45) is 2.27. The quantitative estimate of drug-likeness (QED) is 0.475. The van der Waals surface area contributed by atoms with Gasteiger partial charge in [0.1, 0.15) is 0 Å². The van der Waals surface area contributed by atoms with Crippen molar-refractivity contribution >= 4 is 16.6 Å². The molecule has 0 atom stereocenters. The molecule has 0 aliphatic carbocycles. The third-order valence-corrected chi connectivity index (χ3v) is 4.71. The lowest BCUT2D eigenvalue weighted by Gasteiger charge is -2.19. The predicted octanol–water partition coefficient (Wildman–Crippen LogP) is 5.58. The first-order valence-corrected chi connectivity index (χ1v) is 8.64. The van der Waals surface area contributed by atoms with Crippen LogP contribution in [0, 0.1) is 6.92 Å². The highest BCUT2D eigenvalue weighted by Crippen LogP contribution is 2.27. The van der Waals surface area contributed by atoms with Gasteiger partial charge >= 0.3 is 0 Å². The Kier molecular flexibility index (Phi) is 4.02. The van der Waals surface area contributed by atoms with E-state index in [1.54, 1.807) is 0 Å². The van der Waals surface area contributed by atoms with Gasteiger partial charge in [-0.25, -0.2) is 0 Å². The van der Waals surface area contributed by atoms with Gasteiger partial charge in [-0.05, 0) is 42.8 Å². The second-order valence-corrected chi connectivity index (χ2v) is 6.57. The average Bonchev–Trinajstić information content (AvgIpc) is 3.02. The maximum Gasteiger partial charge on any atom is 0.0531 e. The molecule has 0 saturated carbocycles. The van der Waals surface area contributed by atoms with E-state index in [2.05, 4.69) is 108 Å². The summed E-state index contributed by atoms with van der Waals surface area (Å²) in [6, 6.07) is 27.9. The first kappa shape index (κ1) is 15.5. The van der Waals surface area contributed by atoms with Gasteiger partial charge in [-0.2, -0.15) is 0 Å². The van der Waals surface area contributed by atoms with Gasteiger partial charge in [0.15, 0.2) is 0 Å². The minimum absolute atomic E-state index is 0.878. The number of para-hydroxylation sites is 2. The fraction of sp³-hybridized carbons (Fsp3) is 0.130. The van der Waals surface area contributed by atoms with Gasteiger partial charge in [0.25, 0.3) is 0 Å². The van der Waals surface area contributed by atoms with Gasteiger partial charge in [0, 0.05) is 36.6 Å². The van der Waals surface area contributed by atoms with Crippen LogP contribution in [0.25, 0.3) is 16.6 Å². The van der Waals surface area contributed by atoms with E-state index in [1.165, 1.54) is 33.4 Å². The highest BCUT2D eigenvalue weighted by atomic mass is 15.1. The van der Waals surface area contributed by atoms with E-state index in [0.717, 1.165) is 6.54 Å². The summed E-state index contributed by atoms with van der Waals surface area (Å²) in [7, 11) is 2.15. The number of anilines is 1. The van der Waals surface area contributed by atoms with Crippen LogP contribution in [0.15, 0.2) is 85.1 Å². The summed E-state index contributed by atoms with van der Waals surface area (Å²) in [5.74, 6) is 0. The van der Waals surface area contributed by atoms with Crippen molar-refractivity contribution in [1.29, 1.82) is 0 Å². The topological polar surface area (TPSA) is 8.17 Å². The number of rotatable bonds is 4. The standard InChI is InChI=1S/C23H22N2/c1-18-12-14-20(15-13-18)24(2)16-19-17-25(21-8-4-3-5-9-21)23-11-7-6-10-22(19)23/h3-15,17H,16H2,1-2H3. The Bertz CT molecular complexity index is 982. The maximum absolute atomic E-state index is 2.30. The van der Waals surface area contributed by atoms with Gasteiger partial charge in [-0.15, -0.1) is 0 Å². The minimum atomic E-state index is 0.878. The molecular formula is C23H22N2. The molecule has 1 heterocycles. The number of aryl methyl sites for hydroxylation is 1. The fourth-order valence-corrected chi connectivity index (χ4v) is 3.32. The van der Waals surface area contributed by atoms with Crippen molar-refractivity contribution in [3.8, 4) is 5.69 Å². The van der Waals surface area contributed by atoms with Gasteiger partial charge in [0.2, 0.25) is 0 Å². The van der Waals surface area contributed by atoms with Crippen molar-refractivity contribution in [3.63, 3.8) is 0 Å². The lowest BCUT2D eigenvalue weighted by atomic mass is 10.1. The molecule has 3 aromatic carbocycles. The van der Waals surface area contributed by atoms with Crippen LogP contribution < -0.4 is 4.90 Å². The van der Waals surface area contributed by atoms with Crippen molar-refractivity contribution in [3.05, 3.63) is 96.2 Å². The smallest absolute Gasteiger partial charge is 0.0531 e. The lowest BCUT2D eigenvalue weighted by Crippen LogP contribution is -2.16. The lowest BCUT2D eigenvalue weighted by molar-refractivity contribution is 0.923. The molecule has 4 aromatic rings. The number of hydrogen-bond donors (Lipinski definition) is 0. The van der Waals surface area contributed by atoms with E-state index >= 15 is 0 Å². The fourth-order valence-electron chi connectivity index (χ4n) is 3.32. The Labute approximate surface area is 149 Å². The molecule has 0 fully saturated rings. The number of nitrogens with zero attached hydrogens (tertiary/aromatic N) is 2. The van der Waals surface area contributed by atoms with E-state index in [0.29, 0.717) is 0 Å². The average molecular weight is 326 g/mol. The third-order valence-electron chi connectivity index (χ3n) is 4.71. The van der Waals surface area contributed by atoms with Gasteiger partial charge in [0.05, 0.1) is 5.52 Å². The third kappa shape index (κ3) is 3.03. The molecule has 124 valence electrons. The monoisotopic (exact) mass is 326 g/mol. The maximum atomic E-state index is 2.30. The zero-order chi connectivity index (χ0) is 17.2. The number of benzene rings is 3. The highest BCUT2D eigenvalue weighted by Gasteiger charge is 2.11. The van der Waals surface area contributed by atoms with Crippen LogP contribution >= 0.6 is 0 Å². The second-order valence-electron chi connectivity index (χ2n) is 6.57. The van der Waals surface area contributed by atoms with E-state index < -0.39 is 0 Å². The van der Waals surface area contributed by atoms with Crippen LogP contribution in [-0.2, 0) is 6.54 Å². The predicted molar refractivity (Wildman–Crippen MR) is 107 cm³/mol. The van der Waals surface area contributed by atoms with Crippen molar-refractivity contribution in [2.24, 2.45) is 0 Å². The summed E-state index contributed by atoms with van der Waals surface area (Å²) < 4.78 is 2.29. The van der Waals surface area contributed by atoms with Crippen molar-refractivity contribution in [1.82, 2.24) is 4.57 Å². The Morgan fingerprint density at radius 1 is 0.800 bits per heavy atom. The van der Waals surface area contributed by atoms with Gasteiger partial charge < -0.3 is 9.47 Å². The molecule has 0 N–H and O–H groups in total. The van der Waals surface area contributed by atoms with E-state index in [4.69, 9.17) is 0 Å². The summed E-state index contributed by atoms with van der Waals surface area (Å²) in [4.78, 5) is 2.30. The first-order chi connectivity index (χ1) is 12.2. The summed E-state index contributed by atoms with van der Waals surface area (Å²) in [5, 5.41) is 1.31. The number of aromatic nitrogens is 1. The molecule has 1 aromatic heterocycles. The second kappa shape index (κ2) is 6.48. The van der Waals surface area contributed by atoms with E-state index in [1.807, 2.05) is 0 Å². The van der Waals surface area contributed by atoms with E-state index in [9.17, 15) is 0 Å². The molecule has 2 heteroatoms. The molecule has 0 radical (unpaired) electrons. The zero-order valence-corrected chi connectivity index (χ0v) is 14.7. The molecular weight excluding hydrogens is 304 g/mol. The molecule has 0 saturated heterocycles. The molecule has 0 aliphatic heterocycles. The summed E-state index contributed by atoms with van der Waals surface area (Å²) in [6.45, 7) is 3.00. The Morgan fingerprint density at radius 3 is 2.24 bits per heavy atom. The molecule has 0 bridgehead atoms. The van der Waals surface area contributed by atoms with Crippen LogP contribution in [-0.4, -0.2) is 11.6 Å². The Balaban J connectivity index is 1.74. The molecule has 25 heavy (non-hydrogen) atoms. The van der Waals surface area contributed by atoms with Crippen molar-refractivity contribution in [2.45, 2.75) is 13.5 Å². The summed E-state index contributed by atoms with van der Waals surface area (Å²) in [5.41, 5.74) is 6.31. The van der Waals surface area contributed by atoms with Crippen molar-refractivity contribution < 1.29 is 0 Å². The van der Waals surface area contributed by atoms with Crippen LogP contribution in [0.2, 0.25) is 0 Å². The van der Waals surface area contributed by atoms with Crippen molar-refractivity contribution in [2.75, 3.05) is 11.9 Å². The van der Waals surface area contributed by atoms with Gasteiger partial charge in [-0.3, -0.25) is 0 Å². The zero-order valence-electron chi connectivity index (χ0n) is 14.7. The largest absolute Gasteiger partial charge is 0.370 e. The Hall–Kier alpha value is -3.00.